The van der Waals surface area contributed by atoms with Crippen molar-refractivity contribution < 1.29 is 30.6 Å². The fourth-order valence-electron chi connectivity index (χ4n) is 2.54. The third-order valence-electron chi connectivity index (χ3n) is 3.77. The Morgan fingerprint density at radius 1 is 1.13 bits per heavy atom. The third-order valence-corrected chi connectivity index (χ3v) is 5.59. The molecule has 2 aromatic heterocycles. The van der Waals surface area contributed by atoms with Gasteiger partial charge in [0.1, 0.15) is 11.4 Å². The molecule has 0 saturated heterocycles. The van der Waals surface area contributed by atoms with Gasteiger partial charge in [-0.2, -0.15) is 26.3 Å². The number of hydrogen-bond acceptors (Lipinski definition) is 4. The molecule has 0 saturated carbocycles. The summed E-state index contributed by atoms with van der Waals surface area (Å²) < 4.78 is 90.5. The number of benzene rings is 1. The Morgan fingerprint density at radius 2 is 1.83 bits per heavy atom. The van der Waals surface area contributed by atoms with E-state index in [4.69, 9.17) is 11.6 Å². The molecule has 13 heteroatoms. The second-order valence-corrected chi connectivity index (χ2v) is 7.88. The number of aryl methyl sites for hydroxylation is 1. The van der Waals surface area contributed by atoms with Crippen LogP contribution in [0.15, 0.2) is 41.4 Å². The quantitative estimate of drug-likeness (QED) is 0.507. The highest BCUT2D eigenvalue weighted by atomic mass is 35.5. The summed E-state index contributed by atoms with van der Waals surface area (Å²) in [5.74, 6) is -3.44. The summed E-state index contributed by atoms with van der Waals surface area (Å²) >= 11 is 6.15. The minimum Gasteiger partial charge on any atom is -0.254 e. The lowest BCUT2D eigenvalue weighted by molar-refractivity contribution is -0.144. The summed E-state index contributed by atoms with van der Waals surface area (Å²) in [5.41, 5.74) is -0.00608. The first-order valence-electron chi connectivity index (χ1n) is 8.08. The molecule has 1 aromatic carbocycles. The Bertz CT molecular complexity index is 1100. The van der Waals surface area contributed by atoms with E-state index in [9.17, 15) is 30.6 Å². The highest BCUT2D eigenvalue weighted by Crippen LogP contribution is 2.33. The summed E-state index contributed by atoms with van der Waals surface area (Å²) in [4.78, 5) is 7.18. The molecule has 0 aliphatic rings. The molecule has 0 N–H and O–H groups in total. The van der Waals surface area contributed by atoms with Crippen LogP contribution in [0.25, 0.3) is 17.2 Å². The van der Waals surface area contributed by atoms with Crippen molar-refractivity contribution in [2.45, 2.75) is 24.2 Å². The highest BCUT2D eigenvalue weighted by Gasteiger charge is 2.38. The van der Waals surface area contributed by atoms with Crippen molar-refractivity contribution in [1.29, 1.82) is 0 Å². The van der Waals surface area contributed by atoms with Crippen molar-refractivity contribution in [2.24, 2.45) is 0 Å². The lowest BCUT2D eigenvalue weighted by Crippen LogP contribution is -2.19. The number of hydrogen-bond donors (Lipinski definition) is 0. The van der Waals surface area contributed by atoms with Gasteiger partial charge >= 0.3 is 12.4 Å². The molecule has 0 bridgehead atoms. The Morgan fingerprint density at radius 3 is 2.40 bits per heavy atom. The third kappa shape index (κ3) is 4.81. The average Bonchev–Trinajstić information content (AvgIpc) is 3.06. The minimum absolute atomic E-state index is 0.0232. The summed E-state index contributed by atoms with van der Waals surface area (Å²) in [6, 6.07) is 6.64. The molecule has 0 amide bonds. The van der Waals surface area contributed by atoms with E-state index in [0.717, 1.165) is 10.7 Å². The Hall–Kier alpha value is -2.47. The monoisotopic (exact) mass is 468 g/mol. The van der Waals surface area contributed by atoms with Crippen LogP contribution in [0.1, 0.15) is 11.4 Å². The lowest BCUT2D eigenvalue weighted by Gasteiger charge is -2.13. The Labute approximate surface area is 173 Å². The van der Waals surface area contributed by atoms with Gasteiger partial charge in [0.05, 0.1) is 21.5 Å². The van der Waals surface area contributed by atoms with Crippen LogP contribution in [-0.4, -0.2) is 35.9 Å². The van der Waals surface area contributed by atoms with Gasteiger partial charge in [-0.1, -0.05) is 17.7 Å². The van der Waals surface area contributed by atoms with E-state index >= 15 is 0 Å². The van der Waals surface area contributed by atoms with E-state index < -0.39 is 34.7 Å². The summed E-state index contributed by atoms with van der Waals surface area (Å²) in [6.07, 6.45) is -8.27. The molecule has 30 heavy (non-hydrogen) atoms. The van der Waals surface area contributed by atoms with Crippen molar-refractivity contribution in [3.05, 3.63) is 52.9 Å². The predicted molar refractivity (Wildman–Crippen MR) is 96.7 cm³/mol. The molecule has 0 radical (unpaired) electrons. The first-order chi connectivity index (χ1) is 13.9. The zero-order valence-electron chi connectivity index (χ0n) is 14.9. The molecule has 5 nitrogen and oxygen atoms in total. The van der Waals surface area contributed by atoms with E-state index in [2.05, 4.69) is 15.1 Å². The molecule has 3 aromatic rings. The summed E-state index contributed by atoms with van der Waals surface area (Å²) in [5, 5.41) is 3.31. The minimum atomic E-state index is -4.89. The molecular formula is C17H11ClF6N4OS. The lowest BCUT2D eigenvalue weighted by atomic mass is 10.2. The molecule has 2 heterocycles. The molecule has 0 spiro atoms. The van der Waals surface area contributed by atoms with Crippen LogP contribution in [0.5, 0.6) is 0 Å². The van der Waals surface area contributed by atoms with E-state index in [1.165, 1.54) is 37.4 Å². The fourth-order valence-corrected chi connectivity index (χ4v) is 3.95. The van der Waals surface area contributed by atoms with Gasteiger partial charge in [-0.05, 0) is 36.8 Å². The molecule has 3 rings (SSSR count). The van der Waals surface area contributed by atoms with Crippen LogP contribution in [0.2, 0.25) is 5.02 Å². The fraction of sp³-hybridized carbons (Fsp3) is 0.235. The molecule has 1 unspecified atom stereocenters. The van der Waals surface area contributed by atoms with E-state index in [1.807, 2.05) is 0 Å². The Balaban J connectivity index is 2.21. The number of aromatic nitrogens is 4. The van der Waals surface area contributed by atoms with Crippen molar-refractivity contribution in [1.82, 2.24) is 19.7 Å². The smallest absolute Gasteiger partial charge is 0.254 e. The second kappa shape index (κ2) is 7.99. The molecule has 1 atom stereocenters. The topological polar surface area (TPSA) is 60.7 Å². The first kappa shape index (κ1) is 22.2. The number of rotatable bonds is 4. The zero-order valence-corrected chi connectivity index (χ0v) is 16.5. The van der Waals surface area contributed by atoms with Gasteiger partial charge < -0.3 is 0 Å². The van der Waals surface area contributed by atoms with Crippen LogP contribution in [0.4, 0.5) is 26.3 Å². The average molecular weight is 469 g/mol. The number of nitrogens with zero attached hydrogens (tertiary/aromatic N) is 4. The van der Waals surface area contributed by atoms with Crippen LogP contribution >= 0.6 is 11.6 Å². The van der Waals surface area contributed by atoms with Crippen molar-refractivity contribution in [2.75, 3.05) is 5.75 Å². The predicted octanol–water partition coefficient (Wildman–Crippen LogP) is 4.98. The van der Waals surface area contributed by atoms with Crippen molar-refractivity contribution in [3.8, 4) is 17.2 Å². The van der Waals surface area contributed by atoms with Gasteiger partial charge in [-0.15, -0.1) is 5.10 Å². The van der Waals surface area contributed by atoms with Crippen LogP contribution < -0.4 is 0 Å². The standard InChI is InChI=1S/C17H11ClF6N4OS/c1-9-6-10(18)12(7-13(9)30(29)8-16(19,20)21)28-14(11-4-2-3-5-25-11)26-15(27-28)17(22,23)24/h2-7H,8H2,1H3. The molecule has 0 aliphatic carbocycles. The van der Waals surface area contributed by atoms with Gasteiger partial charge in [0.2, 0.25) is 0 Å². The maximum absolute atomic E-state index is 13.2. The second-order valence-electron chi connectivity index (χ2n) is 6.06. The van der Waals surface area contributed by atoms with Gasteiger partial charge in [0.15, 0.2) is 5.82 Å². The summed E-state index contributed by atoms with van der Waals surface area (Å²) in [7, 11) is -2.50. The SMILES string of the molecule is Cc1cc(Cl)c(-n2nc(C(F)(F)F)nc2-c2ccccn2)cc1S(=O)CC(F)(F)F. The molecular weight excluding hydrogens is 458 g/mol. The Kier molecular flexibility index (Phi) is 5.92. The molecule has 0 aliphatic heterocycles. The first-order valence-corrected chi connectivity index (χ1v) is 9.78. The molecule has 160 valence electrons. The number of halogens is 7. The van der Waals surface area contributed by atoms with E-state index in [-0.39, 0.29) is 32.7 Å². The largest absolute Gasteiger partial charge is 0.453 e. The van der Waals surface area contributed by atoms with Gasteiger partial charge in [0.25, 0.3) is 5.82 Å². The van der Waals surface area contributed by atoms with Crippen molar-refractivity contribution in [3.63, 3.8) is 0 Å². The van der Waals surface area contributed by atoms with Gasteiger partial charge in [-0.3, -0.25) is 9.19 Å². The zero-order chi connectivity index (χ0) is 22.3. The number of pyridine rings is 1. The maximum atomic E-state index is 13.2. The van der Waals surface area contributed by atoms with Crippen LogP contribution in [0.3, 0.4) is 0 Å². The van der Waals surface area contributed by atoms with Crippen LogP contribution in [-0.2, 0) is 17.0 Å². The maximum Gasteiger partial charge on any atom is 0.453 e. The van der Waals surface area contributed by atoms with Gasteiger partial charge in [-0.25, -0.2) is 9.67 Å². The van der Waals surface area contributed by atoms with Crippen molar-refractivity contribution >= 4 is 22.4 Å². The number of alkyl halides is 6. The van der Waals surface area contributed by atoms with E-state index in [0.29, 0.717) is 0 Å². The normalized spacial score (nSPS) is 13.5. The molecule has 0 fully saturated rings. The highest BCUT2D eigenvalue weighted by molar-refractivity contribution is 7.85. The van der Waals surface area contributed by atoms with Crippen LogP contribution in [0, 0.1) is 6.92 Å². The van der Waals surface area contributed by atoms with Gasteiger partial charge in [0, 0.05) is 11.1 Å². The van der Waals surface area contributed by atoms with E-state index in [1.54, 1.807) is 0 Å². The summed E-state index contributed by atoms with van der Waals surface area (Å²) in [6.45, 7) is 1.39.